The second-order valence-corrected chi connectivity index (χ2v) is 6.57. The van der Waals surface area contributed by atoms with E-state index in [1.165, 1.54) is 12.1 Å². The lowest BCUT2D eigenvalue weighted by molar-refractivity contribution is -0.137. The van der Waals surface area contributed by atoms with Gasteiger partial charge in [0, 0.05) is 38.3 Å². The van der Waals surface area contributed by atoms with E-state index >= 15 is 0 Å². The van der Waals surface area contributed by atoms with E-state index in [-0.39, 0.29) is 30.0 Å². The molecule has 1 aliphatic carbocycles. The van der Waals surface area contributed by atoms with Gasteiger partial charge in [-0.15, -0.1) is 12.4 Å². The monoisotopic (exact) mass is 378 g/mol. The summed E-state index contributed by atoms with van der Waals surface area (Å²) in [6, 6.07) is 4.34. The van der Waals surface area contributed by atoms with E-state index in [1.807, 2.05) is 0 Å². The number of halogens is 4. The van der Waals surface area contributed by atoms with Crippen molar-refractivity contribution in [1.29, 1.82) is 0 Å². The highest BCUT2D eigenvalue weighted by atomic mass is 35.5. The maximum atomic E-state index is 12.6. The molecule has 4 nitrogen and oxygen atoms in total. The van der Waals surface area contributed by atoms with Gasteiger partial charge in [0.05, 0.1) is 11.7 Å². The molecular formula is C17H22ClF3N2O2. The zero-order chi connectivity index (χ0) is 17.3. The van der Waals surface area contributed by atoms with E-state index in [2.05, 4.69) is 4.90 Å². The van der Waals surface area contributed by atoms with Crippen LogP contribution in [0.25, 0.3) is 0 Å². The molecule has 1 aromatic rings. The summed E-state index contributed by atoms with van der Waals surface area (Å²) in [6.45, 7) is 3.04. The van der Waals surface area contributed by atoms with Crippen LogP contribution in [0.15, 0.2) is 24.3 Å². The van der Waals surface area contributed by atoms with E-state index in [0.717, 1.165) is 25.0 Å². The number of aliphatic hydroxyl groups excluding tert-OH is 1. The molecule has 140 valence electrons. The first kappa shape index (κ1) is 20.0. The molecule has 1 N–H and O–H groups in total. The number of carbonyl (C=O) groups is 1. The topological polar surface area (TPSA) is 43.8 Å². The Bertz CT molecular complexity index is 583. The van der Waals surface area contributed by atoms with Crippen LogP contribution < -0.4 is 0 Å². The average Bonchev–Trinajstić information content (AvgIpc) is 3.39. The van der Waals surface area contributed by atoms with Crippen LogP contribution in [-0.2, 0) is 6.18 Å². The van der Waals surface area contributed by atoms with E-state index < -0.39 is 11.7 Å². The number of benzene rings is 1. The first-order valence-corrected chi connectivity index (χ1v) is 8.21. The fourth-order valence-electron chi connectivity index (χ4n) is 3.01. The largest absolute Gasteiger partial charge is 0.416 e. The third kappa shape index (κ3) is 5.09. The molecule has 1 aromatic carbocycles. The molecular weight excluding hydrogens is 357 g/mol. The Morgan fingerprint density at radius 1 is 1.12 bits per heavy atom. The number of alkyl halides is 3. The lowest BCUT2D eigenvalue weighted by Gasteiger charge is -2.35. The number of nitrogens with zero attached hydrogens (tertiary/aromatic N) is 2. The number of hydrogen-bond donors (Lipinski definition) is 1. The van der Waals surface area contributed by atoms with Crippen molar-refractivity contribution in [2.24, 2.45) is 5.92 Å². The predicted molar refractivity (Wildman–Crippen MR) is 89.8 cm³/mol. The number of piperazine rings is 1. The smallest absolute Gasteiger partial charge is 0.392 e. The second kappa shape index (κ2) is 7.93. The highest BCUT2D eigenvalue weighted by Gasteiger charge is 2.33. The lowest BCUT2D eigenvalue weighted by Crippen LogP contribution is -2.50. The second-order valence-electron chi connectivity index (χ2n) is 6.57. The Kier molecular flexibility index (Phi) is 6.35. The fourth-order valence-corrected chi connectivity index (χ4v) is 3.01. The molecule has 2 fully saturated rings. The van der Waals surface area contributed by atoms with Gasteiger partial charge in [0.2, 0.25) is 0 Å². The average molecular weight is 379 g/mol. The molecule has 1 heterocycles. The van der Waals surface area contributed by atoms with Crippen LogP contribution in [-0.4, -0.2) is 59.6 Å². The minimum absolute atomic E-state index is 0. The molecule has 1 unspecified atom stereocenters. The summed E-state index contributed by atoms with van der Waals surface area (Å²) < 4.78 is 37.7. The minimum atomic E-state index is -4.39. The molecule has 0 radical (unpaired) electrons. The number of amides is 1. The third-order valence-electron chi connectivity index (χ3n) is 4.73. The number of rotatable bonds is 4. The van der Waals surface area contributed by atoms with Crippen molar-refractivity contribution >= 4 is 18.3 Å². The highest BCUT2D eigenvalue weighted by Crippen LogP contribution is 2.33. The molecule has 1 atom stereocenters. The maximum absolute atomic E-state index is 12.6. The van der Waals surface area contributed by atoms with Crippen LogP contribution in [0.1, 0.15) is 28.8 Å². The summed E-state index contributed by atoms with van der Waals surface area (Å²) in [5.41, 5.74) is -0.479. The molecule has 1 saturated heterocycles. The number of β-amino-alcohol motifs (C(OH)–C–C–N with tert-alkyl or cyclic N) is 1. The summed E-state index contributed by atoms with van der Waals surface area (Å²) in [4.78, 5) is 16.2. The van der Waals surface area contributed by atoms with Crippen LogP contribution >= 0.6 is 12.4 Å². The summed E-state index contributed by atoms with van der Waals surface area (Å²) in [5, 5.41) is 9.97. The van der Waals surface area contributed by atoms with Crippen molar-refractivity contribution in [2.75, 3.05) is 32.7 Å². The molecule has 1 saturated carbocycles. The van der Waals surface area contributed by atoms with Gasteiger partial charge in [-0.2, -0.15) is 13.2 Å². The molecule has 0 bridgehead atoms. The first-order chi connectivity index (χ1) is 11.3. The standard InChI is InChI=1S/C17H21F3N2O2.ClH/c18-17(19,20)14-5-3-13(4-6-14)16(24)22-9-7-21(8-10-22)11-15(23)12-1-2-12;/h3-6,12,15,23H,1-2,7-11H2;1H. The number of aliphatic hydroxyl groups is 1. The van der Waals surface area contributed by atoms with Gasteiger partial charge in [0.1, 0.15) is 0 Å². The third-order valence-corrected chi connectivity index (χ3v) is 4.73. The van der Waals surface area contributed by atoms with Gasteiger partial charge in [-0.05, 0) is 43.0 Å². The Hall–Kier alpha value is -1.31. The van der Waals surface area contributed by atoms with Gasteiger partial charge in [0.25, 0.3) is 5.91 Å². The highest BCUT2D eigenvalue weighted by molar-refractivity contribution is 5.94. The molecule has 25 heavy (non-hydrogen) atoms. The van der Waals surface area contributed by atoms with Crippen LogP contribution in [0.3, 0.4) is 0 Å². The fraction of sp³-hybridized carbons (Fsp3) is 0.588. The van der Waals surface area contributed by atoms with Crippen molar-refractivity contribution in [3.63, 3.8) is 0 Å². The molecule has 0 spiro atoms. The summed E-state index contributed by atoms with van der Waals surface area (Å²) in [6.07, 6.45) is -2.50. The van der Waals surface area contributed by atoms with E-state index in [4.69, 9.17) is 0 Å². The Morgan fingerprint density at radius 3 is 2.16 bits per heavy atom. The van der Waals surface area contributed by atoms with Crippen molar-refractivity contribution < 1.29 is 23.1 Å². The minimum Gasteiger partial charge on any atom is -0.392 e. The Balaban J connectivity index is 0.00000225. The van der Waals surface area contributed by atoms with Crippen molar-refractivity contribution in [2.45, 2.75) is 25.1 Å². The molecule has 8 heteroatoms. The molecule has 1 amide bonds. The van der Waals surface area contributed by atoms with Crippen LogP contribution in [0, 0.1) is 5.92 Å². The molecule has 0 aromatic heterocycles. The van der Waals surface area contributed by atoms with Gasteiger partial charge >= 0.3 is 6.18 Å². The molecule has 3 rings (SSSR count). The number of hydrogen-bond acceptors (Lipinski definition) is 3. The first-order valence-electron chi connectivity index (χ1n) is 8.21. The summed E-state index contributed by atoms with van der Waals surface area (Å²) in [5.74, 6) is 0.183. The quantitative estimate of drug-likeness (QED) is 0.876. The van der Waals surface area contributed by atoms with Gasteiger partial charge in [-0.25, -0.2) is 0 Å². The zero-order valence-corrected chi connectivity index (χ0v) is 14.5. The lowest BCUT2D eigenvalue weighted by atomic mass is 10.1. The Labute approximate surface area is 151 Å². The van der Waals surface area contributed by atoms with Crippen LogP contribution in [0.2, 0.25) is 0 Å². The Morgan fingerprint density at radius 2 is 1.68 bits per heavy atom. The normalized spacial score (nSPS) is 20.1. The summed E-state index contributed by atoms with van der Waals surface area (Å²) >= 11 is 0. The van der Waals surface area contributed by atoms with E-state index in [0.29, 0.717) is 38.6 Å². The van der Waals surface area contributed by atoms with Crippen molar-refractivity contribution in [1.82, 2.24) is 9.80 Å². The van der Waals surface area contributed by atoms with E-state index in [1.54, 1.807) is 4.90 Å². The van der Waals surface area contributed by atoms with Gasteiger partial charge < -0.3 is 10.0 Å². The maximum Gasteiger partial charge on any atom is 0.416 e. The van der Waals surface area contributed by atoms with Crippen molar-refractivity contribution in [3.05, 3.63) is 35.4 Å². The molecule has 1 aliphatic heterocycles. The van der Waals surface area contributed by atoms with Crippen LogP contribution in [0.5, 0.6) is 0 Å². The van der Waals surface area contributed by atoms with Crippen LogP contribution in [0.4, 0.5) is 13.2 Å². The van der Waals surface area contributed by atoms with Gasteiger partial charge in [0.15, 0.2) is 0 Å². The number of carbonyl (C=O) groups excluding carboxylic acids is 1. The van der Waals surface area contributed by atoms with Gasteiger partial charge in [-0.1, -0.05) is 0 Å². The molecule has 2 aliphatic rings. The predicted octanol–water partition coefficient (Wildman–Crippen LogP) is 2.66. The summed E-state index contributed by atoms with van der Waals surface area (Å²) in [7, 11) is 0. The van der Waals surface area contributed by atoms with Crippen molar-refractivity contribution in [3.8, 4) is 0 Å². The van der Waals surface area contributed by atoms with E-state index in [9.17, 15) is 23.1 Å². The zero-order valence-electron chi connectivity index (χ0n) is 13.7. The SMILES string of the molecule is Cl.O=C(c1ccc(C(F)(F)F)cc1)N1CCN(CC(O)C2CC2)CC1. The van der Waals surface area contributed by atoms with Gasteiger partial charge in [-0.3, -0.25) is 9.69 Å².